The van der Waals surface area contributed by atoms with E-state index in [0.717, 1.165) is 68.8 Å². The molecule has 0 bridgehead atoms. The topological polar surface area (TPSA) is 112 Å². The Morgan fingerprint density at radius 3 is 2.58 bits per heavy atom. The number of likely N-dealkylation sites (tertiary alicyclic amines) is 1. The second-order valence-electron chi connectivity index (χ2n) is 12.2. The molecule has 1 amide bonds. The van der Waals surface area contributed by atoms with Gasteiger partial charge in [0, 0.05) is 42.4 Å². The number of benzene rings is 1. The Hall–Kier alpha value is -2.97. The molecule has 4 N–H and O–H groups in total. The van der Waals surface area contributed by atoms with E-state index in [0.29, 0.717) is 28.5 Å². The average molecular weight is 562 g/mol. The SMILES string of the molecule is CCC1CC=C(Cl)C(=Nc2cc(C3CC3)[nH]n2)N=C1Nc1cc(C)c(C2CCN(C(=O)C3(N)CC3)CC2)cc1C. The van der Waals surface area contributed by atoms with Crippen LogP contribution in [0.4, 0.5) is 11.5 Å². The Balaban J connectivity index is 1.20. The molecule has 40 heavy (non-hydrogen) atoms. The van der Waals surface area contributed by atoms with E-state index in [1.165, 1.54) is 29.5 Å². The number of hydrogen-bond acceptors (Lipinski definition) is 5. The number of piperidine rings is 1. The number of nitrogens with one attached hydrogen (secondary N) is 2. The third-order valence-corrected chi connectivity index (χ3v) is 9.36. The highest BCUT2D eigenvalue weighted by Crippen LogP contribution is 2.40. The van der Waals surface area contributed by atoms with E-state index < -0.39 is 5.54 Å². The molecule has 6 rings (SSSR count). The maximum Gasteiger partial charge on any atom is 0.242 e. The summed E-state index contributed by atoms with van der Waals surface area (Å²) >= 11 is 6.66. The van der Waals surface area contributed by atoms with Gasteiger partial charge in [0.05, 0.1) is 10.6 Å². The fourth-order valence-corrected chi connectivity index (χ4v) is 6.15. The van der Waals surface area contributed by atoms with Gasteiger partial charge in [-0.2, -0.15) is 5.10 Å². The molecule has 2 aliphatic heterocycles. The van der Waals surface area contributed by atoms with Gasteiger partial charge in [-0.05, 0) is 93.9 Å². The quantitative estimate of drug-likeness (QED) is 0.390. The number of carbonyl (C=O) groups excluding carboxylic acids is 1. The number of H-pyrrole nitrogens is 1. The first-order valence-electron chi connectivity index (χ1n) is 14.8. The van der Waals surface area contributed by atoms with E-state index >= 15 is 0 Å². The summed E-state index contributed by atoms with van der Waals surface area (Å²) in [5, 5.41) is 11.7. The Kier molecular flexibility index (Phi) is 7.34. The van der Waals surface area contributed by atoms with Gasteiger partial charge < -0.3 is 16.0 Å². The van der Waals surface area contributed by atoms with Crippen LogP contribution in [0.5, 0.6) is 0 Å². The Morgan fingerprint density at radius 2 is 1.90 bits per heavy atom. The van der Waals surface area contributed by atoms with E-state index in [-0.39, 0.29) is 11.8 Å². The molecule has 1 aromatic heterocycles. The van der Waals surface area contributed by atoms with Crippen molar-refractivity contribution in [2.24, 2.45) is 21.6 Å². The van der Waals surface area contributed by atoms with Crippen molar-refractivity contribution in [3.63, 3.8) is 0 Å². The molecule has 212 valence electrons. The fourth-order valence-electron chi connectivity index (χ4n) is 5.98. The van der Waals surface area contributed by atoms with Gasteiger partial charge in [-0.1, -0.05) is 30.7 Å². The molecule has 9 heteroatoms. The number of halogens is 1. The molecule has 1 saturated heterocycles. The summed E-state index contributed by atoms with van der Waals surface area (Å²) < 4.78 is 0. The number of carbonyl (C=O) groups is 1. The molecular formula is C31H40ClN7O. The number of hydrogen-bond donors (Lipinski definition) is 3. The number of nitrogens with two attached hydrogens (primary N) is 1. The Morgan fingerprint density at radius 1 is 1.15 bits per heavy atom. The van der Waals surface area contributed by atoms with Crippen molar-refractivity contribution < 1.29 is 4.79 Å². The van der Waals surface area contributed by atoms with Gasteiger partial charge in [0.15, 0.2) is 11.7 Å². The van der Waals surface area contributed by atoms with Gasteiger partial charge in [0.2, 0.25) is 5.91 Å². The Labute approximate surface area is 241 Å². The lowest BCUT2D eigenvalue weighted by Crippen LogP contribution is -2.48. The van der Waals surface area contributed by atoms with Crippen molar-refractivity contribution in [2.45, 2.75) is 89.5 Å². The van der Waals surface area contributed by atoms with Crippen LogP contribution in [0.2, 0.25) is 0 Å². The normalized spacial score (nSPS) is 24.0. The maximum atomic E-state index is 12.7. The number of amidine groups is 2. The predicted molar refractivity (Wildman–Crippen MR) is 162 cm³/mol. The van der Waals surface area contributed by atoms with Crippen molar-refractivity contribution in [3.8, 4) is 0 Å². The second-order valence-corrected chi connectivity index (χ2v) is 12.6. The van der Waals surface area contributed by atoms with Crippen molar-refractivity contribution in [1.29, 1.82) is 0 Å². The average Bonchev–Trinajstić information content (AvgIpc) is 3.89. The zero-order valence-corrected chi connectivity index (χ0v) is 24.5. The summed E-state index contributed by atoms with van der Waals surface area (Å²) in [6.07, 6.45) is 9.75. The molecule has 2 aliphatic carbocycles. The number of rotatable bonds is 6. The molecule has 2 aromatic rings. The first-order chi connectivity index (χ1) is 19.2. The summed E-state index contributed by atoms with van der Waals surface area (Å²) in [7, 11) is 0. The lowest BCUT2D eigenvalue weighted by Gasteiger charge is -2.34. The van der Waals surface area contributed by atoms with E-state index in [2.05, 4.69) is 48.4 Å². The number of amides is 1. The fraction of sp³-hybridized carbons (Fsp3) is 0.548. The number of nitrogens with zero attached hydrogens (tertiary/aromatic N) is 4. The van der Waals surface area contributed by atoms with Crippen LogP contribution in [-0.4, -0.2) is 51.3 Å². The van der Waals surface area contributed by atoms with Gasteiger partial charge in [0.1, 0.15) is 5.84 Å². The molecule has 0 radical (unpaired) electrons. The van der Waals surface area contributed by atoms with Crippen molar-refractivity contribution >= 4 is 40.7 Å². The molecule has 2 saturated carbocycles. The lowest BCUT2D eigenvalue weighted by atomic mass is 9.85. The molecular weight excluding hydrogens is 522 g/mol. The molecule has 3 heterocycles. The minimum absolute atomic E-state index is 0.140. The monoisotopic (exact) mass is 561 g/mol. The van der Waals surface area contributed by atoms with Crippen LogP contribution in [-0.2, 0) is 4.79 Å². The van der Waals surface area contributed by atoms with Gasteiger partial charge in [-0.3, -0.25) is 9.89 Å². The number of aromatic amines is 1. The third kappa shape index (κ3) is 5.61. The number of aromatic nitrogens is 2. The van der Waals surface area contributed by atoms with Gasteiger partial charge in [-0.15, -0.1) is 0 Å². The molecule has 8 nitrogen and oxygen atoms in total. The van der Waals surface area contributed by atoms with Crippen molar-refractivity contribution in [2.75, 3.05) is 18.4 Å². The molecule has 3 fully saturated rings. The third-order valence-electron chi connectivity index (χ3n) is 9.04. The van der Waals surface area contributed by atoms with Crippen LogP contribution >= 0.6 is 11.6 Å². The summed E-state index contributed by atoms with van der Waals surface area (Å²) in [4.78, 5) is 24.3. The van der Waals surface area contributed by atoms with Crippen LogP contribution in [0.15, 0.2) is 39.3 Å². The van der Waals surface area contributed by atoms with Gasteiger partial charge in [-0.25, -0.2) is 9.98 Å². The zero-order chi connectivity index (χ0) is 28.0. The molecule has 1 aromatic carbocycles. The zero-order valence-electron chi connectivity index (χ0n) is 23.8. The van der Waals surface area contributed by atoms with Crippen LogP contribution in [0, 0.1) is 19.8 Å². The summed E-state index contributed by atoms with van der Waals surface area (Å²) in [5.74, 6) is 3.36. The van der Waals surface area contributed by atoms with E-state index in [1.54, 1.807) is 0 Å². The maximum absolute atomic E-state index is 12.7. The van der Waals surface area contributed by atoms with E-state index in [1.807, 2.05) is 17.0 Å². The molecule has 0 spiro atoms. The highest BCUT2D eigenvalue weighted by atomic mass is 35.5. The van der Waals surface area contributed by atoms with Gasteiger partial charge in [0.25, 0.3) is 0 Å². The second kappa shape index (κ2) is 10.8. The summed E-state index contributed by atoms with van der Waals surface area (Å²) in [6, 6.07) is 6.56. The van der Waals surface area contributed by atoms with E-state index in [9.17, 15) is 4.79 Å². The van der Waals surface area contributed by atoms with Crippen LogP contribution in [0.3, 0.4) is 0 Å². The number of allylic oxidation sites excluding steroid dienone is 1. The van der Waals surface area contributed by atoms with Crippen LogP contribution in [0.25, 0.3) is 0 Å². The molecule has 1 unspecified atom stereocenters. The van der Waals surface area contributed by atoms with Crippen molar-refractivity contribution in [1.82, 2.24) is 15.1 Å². The predicted octanol–water partition coefficient (Wildman–Crippen LogP) is 6.19. The largest absolute Gasteiger partial charge is 0.343 e. The Bertz CT molecular complexity index is 1390. The highest BCUT2D eigenvalue weighted by molar-refractivity contribution is 6.44. The van der Waals surface area contributed by atoms with Crippen LogP contribution < -0.4 is 11.1 Å². The summed E-state index contributed by atoms with van der Waals surface area (Å²) in [5.41, 5.74) is 11.6. The summed E-state index contributed by atoms with van der Waals surface area (Å²) in [6.45, 7) is 8.07. The minimum Gasteiger partial charge on any atom is -0.343 e. The van der Waals surface area contributed by atoms with Crippen LogP contribution in [0.1, 0.15) is 92.5 Å². The first-order valence-corrected chi connectivity index (χ1v) is 15.2. The van der Waals surface area contributed by atoms with Crippen molar-refractivity contribution in [3.05, 3.63) is 51.7 Å². The number of aliphatic imine (C=N–C) groups is 2. The first kappa shape index (κ1) is 27.2. The lowest BCUT2D eigenvalue weighted by molar-refractivity contribution is -0.134. The minimum atomic E-state index is -0.578. The molecule has 1 atom stereocenters. The molecule has 4 aliphatic rings. The van der Waals surface area contributed by atoms with Gasteiger partial charge >= 0.3 is 0 Å². The highest BCUT2D eigenvalue weighted by Gasteiger charge is 2.48. The number of anilines is 1. The van der Waals surface area contributed by atoms with E-state index in [4.69, 9.17) is 27.3 Å². The number of aryl methyl sites for hydroxylation is 2. The smallest absolute Gasteiger partial charge is 0.242 e. The standard InChI is InChI=1S/C31H40ClN7O/c1-4-20-7-8-24(32)29(35-27-17-26(37-38-27)22-5-6-22)36-28(20)34-25-16-18(2)23(15-19(25)3)21-9-13-39(14-10-21)30(40)31(33)11-12-31/h8,15-17,20-22H,4-7,9-14,33H2,1-3H3,(H2,34,35,36,37,38).